The van der Waals surface area contributed by atoms with Gasteiger partial charge in [0.2, 0.25) is 15.9 Å². The average Bonchev–Trinajstić information content (AvgIpc) is 2.61. The van der Waals surface area contributed by atoms with Crippen LogP contribution < -0.4 is 0 Å². The number of rotatable bonds is 6. The fraction of sp³-hybridized carbons (Fsp3) is 0.529. The van der Waals surface area contributed by atoms with E-state index in [4.69, 9.17) is 5.11 Å². The molecule has 1 amide bonds. The van der Waals surface area contributed by atoms with Gasteiger partial charge in [0.15, 0.2) is 0 Å². The van der Waals surface area contributed by atoms with Gasteiger partial charge in [-0.3, -0.25) is 9.59 Å². The van der Waals surface area contributed by atoms with Gasteiger partial charge in [-0.15, -0.1) is 0 Å². The van der Waals surface area contributed by atoms with Gasteiger partial charge in [0.25, 0.3) is 0 Å². The highest BCUT2D eigenvalue weighted by Gasteiger charge is 2.34. The molecule has 0 radical (unpaired) electrons. The summed E-state index contributed by atoms with van der Waals surface area (Å²) < 4.78 is 26.8. The van der Waals surface area contributed by atoms with Crippen LogP contribution in [0.4, 0.5) is 0 Å². The number of amides is 1. The number of carboxylic acids is 1. The monoisotopic (exact) mass is 368 g/mol. The fourth-order valence-corrected chi connectivity index (χ4v) is 4.54. The molecule has 1 N–H and O–H groups in total. The van der Waals surface area contributed by atoms with E-state index in [2.05, 4.69) is 0 Å². The van der Waals surface area contributed by atoms with Crippen molar-refractivity contribution in [1.82, 2.24) is 9.21 Å². The number of carbonyl (C=O) groups is 2. The summed E-state index contributed by atoms with van der Waals surface area (Å²) in [6, 6.07) is 8.17. The summed E-state index contributed by atoms with van der Waals surface area (Å²) in [5.41, 5.74) is 0. The van der Waals surface area contributed by atoms with Crippen LogP contribution in [0.5, 0.6) is 0 Å². The Hall–Kier alpha value is -1.93. The molecule has 1 aliphatic heterocycles. The van der Waals surface area contributed by atoms with Crippen molar-refractivity contribution in [1.29, 1.82) is 0 Å². The molecule has 1 saturated heterocycles. The fourth-order valence-electron chi connectivity index (χ4n) is 2.99. The van der Waals surface area contributed by atoms with Crippen molar-refractivity contribution in [2.45, 2.75) is 24.7 Å². The normalized spacial score (nSPS) is 20.0. The van der Waals surface area contributed by atoms with Gasteiger partial charge in [0.1, 0.15) is 0 Å². The third-order valence-electron chi connectivity index (χ3n) is 4.46. The third-order valence-corrected chi connectivity index (χ3v) is 6.34. The minimum absolute atomic E-state index is 0.107. The summed E-state index contributed by atoms with van der Waals surface area (Å²) >= 11 is 0. The van der Waals surface area contributed by atoms with Gasteiger partial charge in [-0.2, -0.15) is 4.31 Å². The van der Waals surface area contributed by atoms with Gasteiger partial charge in [0.05, 0.1) is 16.7 Å². The number of carboxylic acid groups (broad SMARTS) is 1. The number of piperidine rings is 1. The van der Waals surface area contributed by atoms with Crippen molar-refractivity contribution in [2.75, 3.05) is 26.7 Å². The van der Waals surface area contributed by atoms with E-state index in [-0.39, 0.29) is 23.9 Å². The van der Waals surface area contributed by atoms with Crippen LogP contribution in [0.2, 0.25) is 0 Å². The molecule has 1 aromatic carbocycles. The second-order valence-corrected chi connectivity index (χ2v) is 8.41. The van der Waals surface area contributed by atoms with Gasteiger partial charge in [-0.25, -0.2) is 8.42 Å². The van der Waals surface area contributed by atoms with Crippen molar-refractivity contribution in [2.24, 2.45) is 11.8 Å². The molecular weight excluding hydrogens is 344 g/mol. The Balaban J connectivity index is 2.08. The number of hydrogen-bond acceptors (Lipinski definition) is 4. The molecule has 0 bridgehead atoms. The van der Waals surface area contributed by atoms with Crippen molar-refractivity contribution in [3.8, 4) is 0 Å². The maximum absolute atomic E-state index is 12.7. The molecule has 2 rings (SSSR count). The van der Waals surface area contributed by atoms with E-state index in [1.165, 1.54) is 9.21 Å². The highest BCUT2D eigenvalue weighted by atomic mass is 32.2. The Morgan fingerprint density at radius 2 is 1.96 bits per heavy atom. The maximum Gasteiger partial charge on any atom is 0.308 e. The standard InChI is InChI=1S/C17H24N2O5S/c1-13(17(21)22)11-18(2)16(20)14-7-6-10-19(12-14)25(23,24)15-8-4-3-5-9-15/h3-5,8-9,13-14H,6-7,10-12H2,1-2H3,(H,21,22). The molecule has 0 aromatic heterocycles. The van der Waals surface area contributed by atoms with E-state index in [0.29, 0.717) is 19.4 Å². The van der Waals surface area contributed by atoms with Gasteiger partial charge in [-0.1, -0.05) is 25.1 Å². The minimum Gasteiger partial charge on any atom is -0.481 e. The van der Waals surface area contributed by atoms with Crippen LogP contribution in [0.25, 0.3) is 0 Å². The van der Waals surface area contributed by atoms with E-state index in [9.17, 15) is 18.0 Å². The molecule has 7 nitrogen and oxygen atoms in total. The highest BCUT2D eigenvalue weighted by molar-refractivity contribution is 7.89. The topological polar surface area (TPSA) is 95.0 Å². The molecule has 1 fully saturated rings. The Labute approximate surface area is 148 Å². The molecule has 1 aliphatic rings. The quantitative estimate of drug-likeness (QED) is 0.816. The minimum atomic E-state index is -3.62. The number of hydrogen-bond donors (Lipinski definition) is 1. The molecule has 138 valence electrons. The van der Waals surface area contributed by atoms with Gasteiger partial charge >= 0.3 is 5.97 Å². The lowest BCUT2D eigenvalue weighted by Gasteiger charge is -2.33. The van der Waals surface area contributed by atoms with E-state index < -0.39 is 27.8 Å². The number of sulfonamides is 1. The van der Waals surface area contributed by atoms with Crippen LogP contribution in [0.3, 0.4) is 0 Å². The summed E-state index contributed by atoms with van der Waals surface area (Å²) in [4.78, 5) is 25.1. The predicted octanol–water partition coefficient (Wildman–Crippen LogP) is 1.27. The van der Waals surface area contributed by atoms with Crippen LogP contribution in [-0.2, 0) is 19.6 Å². The Morgan fingerprint density at radius 3 is 2.56 bits per heavy atom. The third kappa shape index (κ3) is 4.58. The molecule has 2 atom stereocenters. The first-order chi connectivity index (χ1) is 11.7. The van der Waals surface area contributed by atoms with Crippen LogP contribution >= 0.6 is 0 Å². The van der Waals surface area contributed by atoms with Crippen molar-refractivity contribution < 1.29 is 23.1 Å². The lowest BCUT2D eigenvalue weighted by atomic mass is 9.98. The van der Waals surface area contributed by atoms with Crippen molar-refractivity contribution >= 4 is 21.9 Å². The zero-order valence-electron chi connectivity index (χ0n) is 14.5. The van der Waals surface area contributed by atoms with Crippen LogP contribution in [-0.4, -0.2) is 61.3 Å². The predicted molar refractivity (Wildman–Crippen MR) is 92.4 cm³/mol. The Bertz CT molecular complexity index is 720. The zero-order chi connectivity index (χ0) is 18.6. The molecule has 0 saturated carbocycles. The van der Waals surface area contributed by atoms with Gasteiger partial charge in [-0.05, 0) is 25.0 Å². The smallest absolute Gasteiger partial charge is 0.308 e. The first kappa shape index (κ1) is 19.4. The van der Waals surface area contributed by atoms with Crippen LogP contribution in [0, 0.1) is 11.8 Å². The van der Waals surface area contributed by atoms with Crippen molar-refractivity contribution in [3.63, 3.8) is 0 Å². The molecule has 1 aromatic rings. The maximum atomic E-state index is 12.7. The largest absolute Gasteiger partial charge is 0.481 e. The summed E-state index contributed by atoms with van der Waals surface area (Å²) in [5, 5.41) is 8.97. The zero-order valence-corrected chi connectivity index (χ0v) is 15.3. The SMILES string of the molecule is CC(CN(C)C(=O)C1CCCN(S(=O)(=O)c2ccccc2)C1)C(=O)O. The number of benzene rings is 1. The summed E-state index contributed by atoms with van der Waals surface area (Å²) in [7, 11) is -2.06. The van der Waals surface area contributed by atoms with E-state index in [1.807, 2.05) is 0 Å². The molecule has 2 unspecified atom stereocenters. The summed E-state index contributed by atoms with van der Waals surface area (Å²) in [6.07, 6.45) is 1.20. The Kier molecular flexibility index (Phi) is 6.18. The second kappa shape index (κ2) is 7.97. The van der Waals surface area contributed by atoms with Crippen LogP contribution in [0.1, 0.15) is 19.8 Å². The molecule has 8 heteroatoms. The molecule has 0 spiro atoms. The number of carbonyl (C=O) groups excluding carboxylic acids is 1. The first-order valence-electron chi connectivity index (χ1n) is 8.26. The van der Waals surface area contributed by atoms with Crippen LogP contribution in [0.15, 0.2) is 35.2 Å². The van der Waals surface area contributed by atoms with E-state index in [1.54, 1.807) is 44.3 Å². The van der Waals surface area contributed by atoms with Gasteiger partial charge < -0.3 is 10.0 Å². The summed E-state index contributed by atoms with van der Waals surface area (Å²) in [6.45, 7) is 2.16. The van der Waals surface area contributed by atoms with Crippen molar-refractivity contribution in [3.05, 3.63) is 30.3 Å². The second-order valence-electron chi connectivity index (χ2n) is 6.47. The molecule has 0 aliphatic carbocycles. The molecule has 1 heterocycles. The first-order valence-corrected chi connectivity index (χ1v) is 9.70. The Morgan fingerprint density at radius 1 is 1.32 bits per heavy atom. The lowest BCUT2D eigenvalue weighted by molar-refractivity contribution is -0.143. The van der Waals surface area contributed by atoms with Gasteiger partial charge in [0, 0.05) is 26.7 Å². The van der Waals surface area contributed by atoms with E-state index in [0.717, 1.165) is 0 Å². The highest BCUT2D eigenvalue weighted by Crippen LogP contribution is 2.25. The number of aliphatic carboxylic acids is 1. The lowest BCUT2D eigenvalue weighted by Crippen LogP contribution is -2.46. The molecule has 25 heavy (non-hydrogen) atoms. The number of nitrogens with zero attached hydrogens (tertiary/aromatic N) is 2. The van der Waals surface area contributed by atoms with E-state index >= 15 is 0 Å². The average molecular weight is 368 g/mol. The summed E-state index contributed by atoms with van der Waals surface area (Å²) in [5.74, 6) is -2.28. The molecular formula is C17H24N2O5S.